The van der Waals surface area contributed by atoms with Gasteiger partial charge in [0.15, 0.2) is 0 Å². The van der Waals surface area contributed by atoms with Crippen molar-refractivity contribution >= 4 is 32.7 Å². The monoisotopic (exact) mass is 340 g/mol. The van der Waals surface area contributed by atoms with Crippen LogP contribution in [-0.4, -0.2) is 18.9 Å². The highest BCUT2D eigenvalue weighted by molar-refractivity contribution is 9.10. The fourth-order valence-corrected chi connectivity index (χ4v) is 3.10. The van der Waals surface area contributed by atoms with Crippen molar-refractivity contribution in [3.63, 3.8) is 0 Å². The Kier molecular flexibility index (Phi) is 3.04. The summed E-state index contributed by atoms with van der Waals surface area (Å²) in [6, 6.07) is 16.3. The number of nitrogens with zero attached hydrogens (tertiary/aromatic N) is 1. The molecular weight excluding hydrogens is 328 g/mol. The van der Waals surface area contributed by atoms with Gasteiger partial charge in [0.05, 0.1) is 6.54 Å². The Bertz CT molecular complexity index is 851. The minimum absolute atomic E-state index is 0.829. The summed E-state index contributed by atoms with van der Waals surface area (Å²) in [6.45, 7) is 1.73. The van der Waals surface area contributed by atoms with Gasteiger partial charge in [-0.3, -0.25) is 4.99 Å². The second-order valence-corrected chi connectivity index (χ2v) is 5.82. The topological polar surface area (TPSA) is 37.5 Å². The average molecular weight is 341 g/mol. The van der Waals surface area contributed by atoms with Gasteiger partial charge in [0.25, 0.3) is 0 Å². The maximum absolute atomic E-state index is 6.02. The highest BCUT2D eigenvalue weighted by Gasteiger charge is 2.16. The van der Waals surface area contributed by atoms with E-state index in [0.29, 0.717) is 0 Å². The van der Waals surface area contributed by atoms with Gasteiger partial charge in [-0.1, -0.05) is 46.3 Å². The van der Waals surface area contributed by atoms with Crippen LogP contribution in [0.2, 0.25) is 0 Å². The number of hydrogen-bond acceptors (Lipinski definition) is 3. The molecule has 4 heteroatoms. The van der Waals surface area contributed by atoms with Crippen LogP contribution < -0.4 is 5.32 Å². The quantitative estimate of drug-likeness (QED) is 0.758. The third-order valence-corrected chi connectivity index (χ3v) is 4.32. The maximum Gasteiger partial charge on any atom is 0.136 e. The lowest BCUT2D eigenvalue weighted by Gasteiger charge is -2.07. The summed E-state index contributed by atoms with van der Waals surface area (Å²) in [5.74, 6) is 1.81. The van der Waals surface area contributed by atoms with Crippen LogP contribution in [0.1, 0.15) is 5.56 Å². The summed E-state index contributed by atoms with van der Waals surface area (Å²) in [5.41, 5.74) is 3.04. The Balaban J connectivity index is 1.90. The van der Waals surface area contributed by atoms with E-state index in [-0.39, 0.29) is 0 Å². The number of nitrogens with one attached hydrogen (secondary N) is 1. The normalized spacial score (nSPS) is 14.2. The molecule has 0 bridgehead atoms. The molecule has 0 aliphatic carbocycles. The fraction of sp³-hybridized carbons (Fsp3) is 0.118. The highest BCUT2D eigenvalue weighted by atomic mass is 79.9. The molecule has 3 nitrogen and oxygen atoms in total. The highest BCUT2D eigenvalue weighted by Crippen LogP contribution is 2.33. The molecule has 1 aromatic heterocycles. The van der Waals surface area contributed by atoms with Gasteiger partial charge in [-0.2, -0.15) is 0 Å². The van der Waals surface area contributed by atoms with Crippen molar-refractivity contribution in [2.75, 3.05) is 13.1 Å². The molecule has 0 fully saturated rings. The van der Waals surface area contributed by atoms with Gasteiger partial charge in [0, 0.05) is 27.5 Å². The van der Waals surface area contributed by atoms with Gasteiger partial charge in [0.1, 0.15) is 17.2 Å². The third-order valence-electron chi connectivity index (χ3n) is 3.63. The Hall–Kier alpha value is -2.07. The van der Waals surface area contributed by atoms with E-state index >= 15 is 0 Å². The summed E-state index contributed by atoms with van der Waals surface area (Å²) in [6.07, 6.45) is 0. The number of hydrogen-bond donors (Lipinski definition) is 1. The van der Waals surface area contributed by atoms with Crippen LogP contribution in [0, 0.1) is 0 Å². The second kappa shape index (κ2) is 5.04. The van der Waals surface area contributed by atoms with E-state index in [2.05, 4.69) is 44.4 Å². The van der Waals surface area contributed by atoms with E-state index in [0.717, 1.165) is 51.3 Å². The van der Waals surface area contributed by atoms with Gasteiger partial charge < -0.3 is 9.73 Å². The Morgan fingerprint density at radius 3 is 2.67 bits per heavy atom. The molecule has 1 aliphatic rings. The first-order chi connectivity index (χ1) is 10.3. The molecule has 0 saturated carbocycles. The number of furan rings is 1. The molecule has 2 heterocycles. The van der Waals surface area contributed by atoms with Crippen molar-refractivity contribution in [1.29, 1.82) is 0 Å². The van der Waals surface area contributed by atoms with Crippen molar-refractivity contribution in [1.82, 2.24) is 5.32 Å². The van der Waals surface area contributed by atoms with Crippen molar-refractivity contribution < 1.29 is 4.42 Å². The number of halogens is 1. The smallest absolute Gasteiger partial charge is 0.136 e. The molecule has 0 spiro atoms. The van der Waals surface area contributed by atoms with E-state index in [4.69, 9.17) is 4.42 Å². The number of fused-ring (bicyclic) bond motifs is 1. The van der Waals surface area contributed by atoms with Crippen LogP contribution in [0.4, 0.5) is 0 Å². The van der Waals surface area contributed by atoms with Gasteiger partial charge >= 0.3 is 0 Å². The number of amidine groups is 1. The molecule has 21 heavy (non-hydrogen) atoms. The van der Waals surface area contributed by atoms with Crippen LogP contribution in [0.5, 0.6) is 0 Å². The van der Waals surface area contributed by atoms with Crippen molar-refractivity contribution in [2.24, 2.45) is 4.99 Å². The third kappa shape index (κ3) is 2.16. The largest absolute Gasteiger partial charge is 0.456 e. The minimum atomic E-state index is 0.829. The minimum Gasteiger partial charge on any atom is -0.456 e. The van der Waals surface area contributed by atoms with Gasteiger partial charge in [0.2, 0.25) is 0 Å². The second-order valence-electron chi connectivity index (χ2n) is 4.96. The predicted octanol–water partition coefficient (Wildman–Crippen LogP) is 4.21. The molecule has 0 unspecified atom stereocenters. The Morgan fingerprint density at radius 1 is 1.05 bits per heavy atom. The summed E-state index contributed by atoms with van der Waals surface area (Å²) >= 11 is 3.57. The molecule has 0 radical (unpaired) electrons. The van der Waals surface area contributed by atoms with E-state index < -0.39 is 0 Å². The van der Waals surface area contributed by atoms with Crippen molar-refractivity contribution in [2.45, 2.75) is 0 Å². The van der Waals surface area contributed by atoms with E-state index in [1.807, 2.05) is 30.3 Å². The van der Waals surface area contributed by atoms with Gasteiger partial charge in [-0.25, -0.2) is 0 Å². The molecule has 0 amide bonds. The first kappa shape index (κ1) is 12.7. The zero-order valence-electron chi connectivity index (χ0n) is 11.3. The standard InChI is InChI=1S/C17H13BrN2O/c18-14-6-3-7-15-13(14)10-16(21-15)11-4-1-2-5-12(11)17-19-8-9-20-17/h1-7,10H,8-9H2,(H,19,20). The van der Waals surface area contributed by atoms with Crippen LogP contribution >= 0.6 is 15.9 Å². The number of aliphatic imine (C=N–C) groups is 1. The lowest BCUT2D eigenvalue weighted by Crippen LogP contribution is -2.20. The molecule has 3 aromatic rings. The zero-order chi connectivity index (χ0) is 14.2. The molecule has 0 atom stereocenters. The summed E-state index contributed by atoms with van der Waals surface area (Å²) in [5, 5.41) is 4.41. The van der Waals surface area contributed by atoms with Crippen LogP contribution in [0.3, 0.4) is 0 Å². The van der Waals surface area contributed by atoms with Crippen molar-refractivity contribution in [3.8, 4) is 11.3 Å². The summed E-state index contributed by atoms with van der Waals surface area (Å²) < 4.78 is 7.07. The van der Waals surface area contributed by atoms with Gasteiger partial charge in [-0.15, -0.1) is 0 Å². The SMILES string of the molecule is Brc1cccc2oc(-c3ccccc3C3=NCCN3)cc12. The molecule has 4 rings (SSSR count). The summed E-state index contributed by atoms with van der Waals surface area (Å²) in [7, 11) is 0. The Labute approximate surface area is 130 Å². The lowest BCUT2D eigenvalue weighted by molar-refractivity contribution is 0.631. The predicted molar refractivity (Wildman–Crippen MR) is 88.8 cm³/mol. The first-order valence-corrected chi connectivity index (χ1v) is 7.68. The average Bonchev–Trinajstić information content (AvgIpc) is 3.17. The fourth-order valence-electron chi connectivity index (χ4n) is 2.64. The van der Waals surface area contributed by atoms with E-state index in [1.54, 1.807) is 0 Å². The molecular formula is C17H13BrN2O. The molecule has 0 saturated heterocycles. The van der Waals surface area contributed by atoms with Crippen LogP contribution in [0.15, 0.2) is 62.4 Å². The van der Waals surface area contributed by atoms with E-state index in [1.165, 1.54) is 0 Å². The van der Waals surface area contributed by atoms with Crippen LogP contribution in [0.25, 0.3) is 22.3 Å². The first-order valence-electron chi connectivity index (χ1n) is 6.89. The number of benzene rings is 2. The maximum atomic E-state index is 6.02. The Morgan fingerprint density at radius 2 is 1.90 bits per heavy atom. The van der Waals surface area contributed by atoms with Crippen LogP contribution in [-0.2, 0) is 0 Å². The summed E-state index contributed by atoms with van der Waals surface area (Å²) in [4.78, 5) is 4.52. The lowest BCUT2D eigenvalue weighted by atomic mass is 10.0. The van der Waals surface area contributed by atoms with Gasteiger partial charge in [-0.05, 0) is 18.2 Å². The molecule has 2 aromatic carbocycles. The zero-order valence-corrected chi connectivity index (χ0v) is 12.9. The molecule has 1 aliphatic heterocycles. The molecule has 104 valence electrons. The molecule has 1 N–H and O–H groups in total. The number of rotatable bonds is 2. The van der Waals surface area contributed by atoms with Crippen molar-refractivity contribution in [3.05, 3.63) is 58.6 Å². The van der Waals surface area contributed by atoms with E-state index in [9.17, 15) is 0 Å².